The second-order valence-corrected chi connectivity index (χ2v) is 4.08. The predicted molar refractivity (Wildman–Crippen MR) is 64.8 cm³/mol. The van der Waals surface area contributed by atoms with E-state index in [1.807, 2.05) is 11.6 Å². The fourth-order valence-corrected chi connectivity index (χ4v) is 1.84. The summed E-state index contributed by atoms with van der Waals surface area (Å²) < 4.78 is 2.01. The summed E-state index contributed by atoms with van der Waals surface area (Å²) in [7, 11) is 2.00. The Labute approximate surface area is 92.7 Å². The van der Waals surface area contributed by atoms with Crippen LogP contribution in [0.15, 0.2) is 0 Å². The molecule has 0 aliphatic carbocycles. The number of nitrogens with two attached hydrogens (primary N) is 1. The maximum atomic E-state index is 5.99. The molecule has 2 N–H and O–H groups in total. The zero-order valence-corrected chi connectivity index (χ0v) is 10.2. The zero-order valence-electron chi connectivity index (χ0n) is 10.2. The smallest absolute Gasteiger partial charge is 0.126 e. The molecule has 0 saturated heterocycles. The minimum atomic E-state index is 0.850. The monoisotopic (exact) mass is 209 g/mol. The van der Waals surface area contributed by atoms with Gasteiger partial charge < -0.3 is 10.3 Å². The van der Waals surface area contributed by atoms with Gasteiger partial charge in [0.25, 0.3) is 0 Å². The van der Waals surface area contributed by atoms with Crippen LogP contribution in [0.4, 0.5) is 5.82 Å². The lowest BCUT2D eigenvalue weighted by Gasteiger charge is -2.00. The lowest BCUT2D eigenvalue weighted by molar-refractivity contribution is 0.662. The molecule has 1 aromatic heterocycles. The molecule has 0 saturated carbocycles. The summed E-state index contributed by atoms with van der Waals surface area (Å²) in [5.74, 6) is 1.95. The molecule has 3 nitrogen and oxygen atoms in total. The number of imidazole rings is 1. The second-order valence-electron chi connectivity index (χ2n) is 4.08. The predicted octanol–water partition coefficient (Wildman–Crippen LogP) is 2.69. The number of unbranched alkanes of at least 4 members (excludes halogenated alkanes) is 3. The van der Waals surface area contributed by atoms with Crippen molar-refractivity contribution < 1.29 is 0 Å². The normalized spacial score (nSPS) is 10.9. The highest BCUT2D eigenvalue weighted by Gasteiger charge is 2.09. The molecule has 0 aliphatic heterocycles. The third-order valence-electron chi connectivity index (χ3n) is 2.89. The standard InChI is InChI=1S/C12H23N3/c1-4-6-7-8-9-10-12(13)15(3)11(5-2)14-10/h4-9,13H2,1-3H3. The van der Waals surface area contributed by atoms with Crippen molar-refractivity contribution in [3.8, 4) is 0 Å². The number of nitrogen functional groups attached to an aromatic ring is 1. The van der Waals surface area contributed by atoms with Gasteiger partial charge in [0.1, 0.15) is 11.6 Å². The van der Waals surface area contributed by atoms with E-state index in [-0.39, 0.29) is 0 Å². The van der Waals surface area contributed by atoms with Gasteiger partial charge in [-0.3, -0.25) is 0 Å². The van der Waals surface area contributed by atoms with Crippen molar-refractivity contribution in [2.24, 2.45) is 7.05 Å². The quantitative estimate of drug-likeness (QED) is 0.732. The van der Waals surface area contributed by atoms with Gasteiger partial charge in [0.05, 0.1) is 5.69 Å². The van der Waals surface area contributed by atoms with Crippen LogP contribution in [0.1, 0.15) is 51.0 Å². The van der Waals surface area contributed by atoms with Crippen LogP contribution in [0.5, 0.6) is 0 Å². The second kappa shape index (κ2) is 5.79. The molecule has 15 heavy (non-hydrogen) atoms. The van der Waals surface area contributed by atoms with Gasteiger partial charge in [-0.2, -0.15) is 0 Å². The van der Waals surface area contributed by atoms with Gasteiger partial charge in [-0.15, -0.1) is 0 Å². The molecular weight excluding hydrogens is 186 g/mol. The Morgan fingerprint density at radius 3 is 2.47 bits per heavy atom. The zero-order chi connectivity index (χ0) is 11.3. The van der Waals surface area contributed by atoms with E-state index in [2.05, 4.69) is 18.8 Å². The van der Waals surface area contributed by atoms with E-state index in [0.717, 1.165) is 30.2 Å². The van der Waals surface area contributed by atoms with Crippen molar-refractivity contribution in [3.63, 3.8) is 0 Å². The molecular formula is C12H23N3. The molecule has 0 radical (unpaired) electrons. The van der Waals surface area contributed by atoms with E-state index in [1.165, 1.54) is 25.7 Å². The van der Waals surface area contributed by atoms with Crippen molar-refractivity contribution in [1.29, 1.82) is 0 Å². The minimum Gasteiger partial charge on any atom is -0.384 e. The van der Waals surface area contributed by atoms with Crippen LogP contribution in [-0.2, 0) is 19.9 Å². The van der Waals surface area contributed by atoms with Crippen LogP contribution in [-0.4, -0.2) is 9.55 Å². The Balaban J connectivity index is 2.53. The molecule has 0 aromatic carbocycles. The van der Waals surface area contributed by atoms with Crippen molar-refractivity contribution in [1.82, 2.24) is 9.55 Å². The van der Waals surface area contributed by atoms with Gasteiger partial charge in [0.2, 0.25) is 0 Å². The largest absolute Gasteiger partial charge is 0.384 e. The highest BCUT2D eigenvalue weighted by molar-refractivity contribution is 5.38. The van der Waals surface area contributed by atoms with Gasteiger partial charge in [-0.1, -0.05) is 33.1 Å². The summed E-state index contributed by atoms with van der Waals surface area (Å²) in [6.07, 6.45) is 7.06. The number of hydrogen-bond acceptors (Lipinski definition) is 2. The van der Waals surface area contributed by atoms with Gasteiger partial charge in [0.15, 0.2) is 0 Å². The molecule has 0 unspecified atom stereocenters. The number of anilines is 1. The Kier molecular flexibility index (Phi) is 4.66. The minimum absolute atomic E-state index is 0.850. The third kappa shape index (κ3) is 2.98. The van der Waals surface area contributed by atoms with Crippen LogP contribution < -0.4 is 5.73 Å². The fraction of sp³-hybridized carbons (Fsp3) is 0.750. The van der Waals surface area contributed by atoms with Crippen LogP contribution in [0, 0.1) is 0 Å². The Morgan fingerprint density at radius 2 is 1.93 bits per heavy atom. The molecule has 3 heteroatoms. The fourth-order valence-electron chi connectivity index (χ4n) is 1.84. The van der Waals surface area contributed by atoms with E-state index in [1.54, 1.807) is 0 Å². The van der Waals surface area contributed by atoms with E-state index in [4.69, 9.17) is 5.73 Å². The molecule has 86 valence electrons. The number of aryl methyl sites for hydroxylation is 2. The van der Waals surface area contributed by atoms with Crippen molar-refractivity contribution in [3.05, 3.63) is 11.5 Å². The molecule has 1 rings (SSSR count). The number of aromatic nitrogens is 2. The Morgan fingerprint density at radius 1 is 1.20 bits per heavy atom. The lowest BCUT2D eigenvalue weighted by Crippen LogP contribution is -2.01. The molecule has 0 fully saturated rings. The number of nitrogens with zero attached hydrogens (tertiary/aromatic N) is 2. The molecule has 1 heterocycles. The van der Waals surface area contributed by atoms with Crippen LogP contribution in [0.3, 0.4) is 0 Å². The summed E-state index contributed by atoms with van der Waals surface area (Å²) in [5, 5.41) is 0. The Bertz CT molecular complexity index is 302. The summed E-state index contributed by atoms with van der Waals surface area (Å²) >= 11 is 0. The maximum Gasteiger partial charge on any atom is 0.126 e. The summed E-state index contributed by atoms with van der Waals surface area (Å²) in [6, 6.07) is 0. The van der Waals surface area contributed by atoms with Gasteiger partial charge in [-0.05, 0) is 12.8 Å². The molecule has 0 atom stereocenters. The van der Waals surface area contributed by atoms with Crippen LogP contribution in [0.2, 0.25) is 0 Å². The van der Waals surface area contributed by atoms with E-state index >= 15 is 0 Å². The van der Waals surface area contributed by atoms with Gasteiger partial charge in [-0.25, -0.2) is 4.98 Å². The van der Waals surface area contributed by atoms with Crippen molar-refractivity contribution in [2.45, 2.75) is 52.4 Å². The molecule has 1 aromatic rings. The third-order valence-corrected chi connectivity index (χ3v) is 2.89. The first kappa shape index (κ1) is 12.1. The summed E-state index contributed by atoms with van der Waals surface area (Å²) in [6.45, 7) is 4.34. The lowest BCUT2D eigenvalue weighted by atomic mass is 10.1. The van der Waals surface area contributed by atoms with Crippen molar-refractivity contribution in [2.75, 3.05) is 5.73 Å². The SMILES string of the molecule is CCCCCCc1nc(CC)n(C)c1N. The first-order chi connectivity index (χ1) is 7.20. The number of rotatable bonds is 6. The van der Waals surface area contributed by atoms with Gasteiger partial charge >= 0.3 is 0 Å². The molecule has 0 aliphatic rings. The van der Waals surface area contributed by atoms with E-state index in [9.17, 15) is 0 Å². The average molecular weight is 209 g/mol. The average Bonchev–Trinajstić information content (AvgIpc) is 2.52. The van der Waals surface area contributed by atoms with Gasteiger partial charge in [0, 0.05) is 13.5 Å². The number of hydrogen-bond donors (Lipinski definition) is 1. The van der Waals surface area contributed by atoms with E-state index < -0.39 is 0 Å². The first-order valence-corrected chi connectivity index (χ1v) is 6.00. The topological polar surface area (TPSA) is 43.8 Å². The maximum absolute atomic E-state index is 5.99. The first-order valence-electron chi connectivity index (χ1n) is 6.00. The summed E-state index contributed by atoms with van der Waals surface area (Å²) in [5.41, 5.74) is 7.08. The van der Waals surface area contributed by atoms with E-state index in [0.29, 0.717) is 0 Å². The molecule has 0 spiro atoms. The van der Waals surface area contributed by atoms with Crippen LogP contribution >= 0.6 is 0 Å². The highest BCUT2D eigenvalue weighted by atomic mass is 15.1. The Hall–Kier alpha value is -0.990. The summed E-state index contributed by atoms with van der Waals surface area (Å²) in [4.78, 5) is 4.56. The highest BCUT2D eigenvalue weighted by Crippen LogP contribution is 2.16. The molecule has 0 bridgehead atoms. The van der Waals surface area contributed by atoms with Crippen LogP contribution in [0.25, 0.3) is 0 Å². The molecule has 0 amide bonds. The van der Waals surface area contributed by atoms with Crippen molar-refractivity contribution >= 4 is 5.82 Å².